The summed E-state index contributed by atoms with van der Waals surface area (Å²) in [6.07, 6.45) is -3.24. The molecule has 2 N–H and O–H groups in total. The number of aromatic nitrogens is 1. The molecule has 3 aromatic carbocycles. The van der Waals surface area contributed by atoms with Gasteiger partial charge in [-0.2, -0.15) is 18.3 Å². The van der Waals surface area contributed by atoms with Gasteiger partial charge in [0.1, 0.15) is 6.61 Å². The van der Waals surface area contributed by atoms with Crippen LogP contribution in [-0.2, 0) is 24.0 Å². The second-order valence-corrected chi connectivity index (χ2v) is 9.83. The Hall–Kier alpha value is -4.69. The van der Waals surface area contributed by atoms with Crippen LogP contribution < -0.4 is 20.2 Å². The minimum atomic E-state index is -4.47. The maximum Gasteiger partial charge on any atom is 0.416 e. The number of benzene rings is 3. The van der Waals surface area contributed by atoms with Gasteiger partial charge in [0.15, 0.2) is 16.6 Å². The highest BCUT2D eigenvalue weighted by Crippen LogP contribution is 2.37. The summed E-state index contributed by atoms with van der Waals surface area (Å²) in [5, 5.41) is 19.8. The van der Waals surface area contributed by atoms with E-state index in [9.17, 15) is 28.1 Å². The van der Waals surface area contributed by atoms with Gasteiger partial charge in [0.25, 0.3) is 5.69 Å². The molecule has 0 aliphatic heterocycles. The van der Waals surface area contributed by atoms with Crippen molar-refractivity contribution in [2.75, 3.05) is 12.4 Å². The number of carbonyl (C=O) groups is 1. The topological polar surface area (TPSA) is 128 Å². The lowest BCUT2D eigenvalue weighted by Crippen LogP contribution is -2.19. The zero-order valence-electron chi connectivity index (χ0n) is 21.6. The zero-order valence-corrected chi connectivity index (χ0v) is 23.2. The Balaban J connectivity index is 1.33. The fraction of sp³-hybridized carbons (Fsp3) is 0.148. The number of amides is 1. The number of alkyl halides is 3. The smallest absolute Gasteiger partial charge is 0.416 e. The van der Waals surface area contributed by atoms with Crippen LogP contribution in [-0.4, -0.2) is 29.1 Å². The third-order valence-electron chi connectivity index (χ3n) is 5.49. The molecule has 4 aromatic rings. The van der Waals surface area contributed by atoms with Crippen LogP contribution in [0.4, 0.5) is 29.7 Å². The summed E-state index contributed by atoms with van der Waals surface area (Å²) < 4.78 is 49.9. The molecule has 0 bridgehead atoms. The predicted octanol–water partition coefficient (Wildman–Crippen LogP) is 6.75. The van der Waals surface area contributed by atoms with Crippen LogP contribution in [0, 0.1) is 10.1 Å². The first kappa shape index (κ1) is 30.3. The van der Waals surface area contributed by atoms with Crippen LogP contribution in [0.5, 0.6) is 11.5 Å². The lowest BCUT2D eigenvalue weighted by molar-refractivity contribution is -0.384. The maximum atomic E-state index is 12.9. The van der Waals surface area contributed by atoms with Crippen molar-refractivity contribution in [1.29, 1.82) is 0 Å². The first-order valence-corrected chi connectivity index (χ1v) is 13.2. The lowest BCUT2D eigenvalue weighted by Gasteiger charge is -2.13. The van der Waals surface area contributed by atoms with Crippen LogP contribution in [0.25, 0.3) is 0 Å². The Morgan fingerprint density at radius 2 is 1.98 bits per heavy atom. The molecule has 0 saturated carbocycles. The Kier molecular flexibility index (Phi) is 9.60. The Bertz CT molecular complexity index is 1630. The first-order valence-electron chi connectivity index (χ1n) is 12.0. The molecule has 15 heteroatoms. The normalized spacial score (nSPS) is 11.4. The van der Waals surface area contributed by atoms with E-state index in [0.717, 1.165) is 23.5 Å². The minimum absolute atomic E-state index is 0.00898. The summed E-state index contributed by atoms with van der Waals surface area (Å²) in [4.78, 5) is 27.1. The van der Waals surface area contributed by atoms with Gasteiger partial charge in [0.05, 0.1) is 40.9 Å². The second-order valence-electron chi connectivity index (χ2n) is 8.57. The van der Waals surface area contributed by atoms with Crippen molar-refractivity contribution in [3.8, 4) is 11.5 Å². The molecule has 0 aliphatic carbocycles. The van der Waals surface area contributed by atoms with Gasteiger partial charge < -0.3 is 14.8 Å². The van der Waals surface area contributed by atoms with E-state index in [-0.39, 0.29) is 40.9 Å². The van der Waals surface area contributed by atoms with Crippen molar-refractivity contribution in [3.63, 3.8) is 0 Å². The number of nitrogens with zero attached hydrogens (tertiary/aromatic N) is 3. The molecule has 0 saturated heterocycles. The average molecular weight is 620 g/mol. The number of nitro groups is 1. The molecule has 1 amide bonds. The van der Waals surface area contributed by atoms with Crippen LogP contribution in [0.2, 0.25) is 5.02 Å². The SMILES string of the molecule is COc1cc(/C=N\NC(=O)Cc2csc(Nc3cccc(C(F)(F)F)c3)n2)cc(Cl)c1OCc1cccc([N+](=O)[O-])c1. The number of ether oxygens (including phenoxy) is 2. The largest absolute Gasteiger partial charge is 0.493 e. The first-order chi connectivity index (χ1) is 20.0. The number of hydrazone groups is 1. The highest BCUT2D eigenvalue weighted by Gasteiger charge is 2.30. The van der Waals surface area contributed by atoms with Gasteiger partial charge in [0, 0.05) is 23.2 Å². The van der Waals surface area contributed by atoms with E-state index in [4.69, 9.17) is 21.1 Å². The number of hydrogen-bond acceptors (Lipinski definition) is 9. The van der Waals surface area contributed by atoms with E-state index < -0.39 is 22.6 Å². The van der Waals surface area contributed by atoms with E-state index in [2.05, 4.69) is 20.8 Å². The molecule has 0 atom stereocenters. The maximum absolute atomic E-state index is 12.9. The van der Waals surface area contributed by atoms with Crippen molar-refractivity contribution in [3.05, 3.63) is 104 Å². The molecule has 10 nitrogen and oxygen atoms in total. The molecule has 1 aromatic heterocycles. The van der Waals surface area contributed by atoms with Crippen molar-refractivity contribution < 1.29 is 32.4 Å². The number of anilines is 2. The van der Waals surface area contributed by atoms with Gasteiger partial charge in [0.2, 0.25) is 5.91 Å². The van der Waals surface area contributed by atoms with E-state index in [1.54, 1.807) is 23.6 Å². The molecular weight excluding hydrogens is 599 g/mol. The summed E-state index contributed by atoms with van der Waals surface area (Å²) in [6, 6.07) is 13.8. The van der Waals surface area contributed by atoms with E-state index in [0.29, 0.717) is 22.0 Å². The number of methoxy groups -OCH3 is 1. The molecule has 4 rings (SSSR count). The average Bonchev–Trinajstić information content (AvgIpc) is 3.38. The number of halogens is 4. The standard InChI is InChI=1S/C27H21ClF3N5O5S/c1-40-23-10-17(9-22(28)25(23)41-14-16-4-2-7-21(8-16)36(38)39)13-32-35-24(37)12-20-15-42-26(34-20)33-19-6-3-5-18(11-19)27(29,30)31/h2-11,13,15H,12,14H2,1H3,(H,33,34)(H,35,37)/b32-13-. The van der Waals surface area contributed by atoms with Crippen LogP contribution in [0.3, 0.4) is 0 Å². The predicted molar refractivity (Wildman–Crippen MR) is 152 cm³/mol. The van der Waals surface area contributed by atoms with Gasteiger partial charge in [-0.1, -0.05) is 29.8 Å². The number of non-ortho nitro benzene ring substituents is 1. The molecule has 0 radical (unpaired) electrons. The third kappa shape index (κ3) is 8.17. The fourth-order valence-corrected chi connectivity index (χ4v) is 4.60. The lowest BCUT2D eigenvalue weighted by atomic mass is 10.2. The van der Waals surface area contributed by atoms with Gasteiger partial charge in [-0.3, -0.25) is 14.9 Å². The van der Waals surface area contributed by atoms with Gasteiger partial charge in [-0.15, -0.1) is 11.3 Å². The number of hydrogen-bond donors (Lipinski definition) is 2. The number of thiazole rings is 1. The van der Waals surface area contributed by atoms with Crippen molar-refractivity contribution in [2.45, 2.75) is 19.2 Å². The van der Waals surface area contributed by atoms with Crippen molar-refractivity contribution >= 4 is 51.6 Å². The third-order valence-corrected chi connectivity index (χ3v) is 6.58. The van der Waals surface area contributed by atoms with Crippen LogP contribution >= 0.6 is 22.9 Å². The highest BCUT2D eigenvalue weighted by molar-refractivity contribution is 7.13. The summed E-state index contributed by atoms with van der Waals surface area (Å²) in [5.74, 6) is 0.0334. The second kappa shape index (κ2) is 13.3. The van der Waals surface area contributed by atoms with Gasteiger partial charge in [-0.25, -0.2) is 10.4 Å². The van der Waals surface area contributed by atoms with E-state index in [1.807, 2.05) is 0 Å². The Morgan fingerprint density at radius 3 is 2.71 bits per heavy atom. The summed E-state index contributed by atoms with van der Waals surface area (Å²) in [6.45, 7) is 0.00898. The number of nitro benzene ring substituents is 1. The van der Waals surface area contributed by atoms with E-state index in [1.165, 1.54) is 43.7 Å². The minimum Gasteiger partial charge on any atom is -0.493 e. The quantitative estimate of drug-likeness (QED) is 0.108. The molecule has 218 valence electrons. The number of rotatable bonds is 11. The molecule has 1 heterocycles. The monoisotopic (exact) mass is 619 g/mol. The molecule has 42 heavy (non-hydrogen) atoms. The Labute approximate surface area is 245 Å². The molecule has 0 aliphatic rings. The van der Waals surface area contributed by atoms with Crippen LogP contribution in [0.1, 0.15) is 22.4 Å². The fourth-order valence-electron chi connectivity index (χ4n) is 3.59. The van der Waals surface area contributed by atoms with Crippen LogP contribution in [0.15, 0.2) is 71.1 Å². The Morgan fingerprint density at radius 1 is 1.19 bits per heavy atom. The summed E-state index contributed by atoms with van der Waals surface area (Å²) in [7, 11) is 1.42. The van der Waals surface area contributed by atoms with Gasteiger partial charge in [-0.05, 0) is 41.5 Å². The molecule has 0 spiro atoms. The molecule has 0 fully saturated rings. The summed E-state index contributed by atoms with van der Waals surface area (Å²) in [5.41, 5.74) is 3.19. The molecular formula is C27H21ClF3N5O5S. The van der Waals surface area contributed by atoms with Crippen molar-refractivity contribution in [1.82, 2.24) is 10.4 Å². The number of carbonyl (C=O) groups excluding carboxylic acids is 1. The zero-order chi connectivity index (χ0) is 30.3. The highest BCUT2D eigenvalue weighted by atomic mass is 35.5. The summed E-state index contributed by atoms with van der Waals surface area (Å²) >= 11 is 7.51. The van der Waals surface area contributed by atoms with Crippen molar-refractivity contribution in [2.24, 2.45) is 5.10 Å². The van der Waals surface area contributed by atoms with Gasteiger partial charge >= 0.3 is 6.18 Å². The molecule has 0 unspecified atom stereocenters. The van der Waals surface area contributed by atoms with E-state index >= 15 is 0 Å². The number of nitrogens with one attached hydrogen (secondary N) is 2.